The summed E-state index contributed by atoms with van der Waals surface area (Å²) in [4.78, 5) is 0. The molecule has 0 radical (unpaired) electrons. The van der Waals surface area contributed by atoms with Gasteiger partial charge in [0.2, 0.25) is 0 Å². The highest BCUT2D eigenvalue weighted by Gasteiger charge is 2.16. The topological polar surface area (TPSA) is 12.0 Å². The summed E-state index contributed by atoms with van der Waals surface area (Å²) in [6.45, 7) is 5.64. The summed E-state index contributed by atoms with van der Waals surface area (Å²) in [6, 6.07) is 0. The molecule has 0 aliphatic rings. The smallest absolute Gasteiger partial charge is 0.0317 e. The van der Waals surface area contributed by atoms with Gasteiger partial charge in [-0.3, -0.25) is 0 Å². The van der Waals surface area contributed by atoms with Crippen molar-refractivity contribution in [3.8, 4) is 0 Å². The third kappa shape index (κ3) is 2.79. The van der Waals surface area contributed by atoms with Gasteiger partial charge in [-0.2, -0.15) is 11.3 Å². The van der Waals surface area contributed by atoms with E-state index in [9.17, 15) is 0 Å². The molecule has 74 valence electrons. The zero-order chi connectivity index (χ0) is 9.84. The van der Waals surface area contributed by atoms with Crippen LogP contribution in [0.2, 0.25) is 0 Å². The van der Waals surface area contributed by atoms with E-state index in [-0.39, 0.29) is 0 Å². The first-order valence-electron chi connectivity index (χ1n) is 4.53. The molecule has 2 unspecified atom stereocenters. The zero-order valence-corrected chi connectivity index (χ0v) is 10.7. The molecule has 1 nitrogen and oxygen atoms in total. The molecule has 3 heteroatoms. The summed E-state index contributed by atoms with van der Waals surface area (Å²) in [5.74, 6) is 1.30. The Morgan fingerprint density at radius 3 is 2.62 bits per heavy atom. The van der Waals surface area contributed by atoms with Gasteiger partial charge in [0.05, 0.1) is 0 Å². The minimum absolute atomic E-state index is 0.619. The van der Waals surface area contributed by atoms with Crippen LogP contribution in [0, 0.1) is 5.92 Å². The fourth-order valence-corrected chi connectivity index (χ4v) is 3.18. The van der Waals surface area contributed by atoms with E-state index in [0.717, 1.165) is 6.54 Å². The highest BCUT2D eigenvalue weighted by molar-refractivity contribution is 9.10. The summed E-state index contributed by atoms with van der Waals surface area (Å²) in [7, 11) is 2.01. The van der Waals surface area contributed by atoms with Crippen LogP contribution in [0.5, 0.6) is 0 Å². The number of hydrogen-bond acceptors (Lipinski definition) is 2. The van der Waals surface area contributed by atoms with Crippen molar-refractivity contribution in [2.45, 2.75) is 19.8 Å². The maximum absolute atomic E-state index is 3.58. The third-order valence-corrected chi connectivity index (χ3v) is 4.26. The van der Waals surface area contributed by atoms with Gasteiger partial charge < -0.3 is 5.32 Å². The third-order valence-electron chi connectivity index (χ3n) is 2.51. The summed E-state index contributed by atoms with van der Waals surface area (Å²) >= 11 is 5.34. The lowest BCUT2D eigenvalue weighted by molar-refractivity contribution is 0.466. The Labute approximate surface area is 92.7 Å². The molecule has 1 rings (SSSR count). The predicted octanol–water partition coefficient (Wildman–Crippen LogP) is 3.47. The van der Waals surface area contributed by atoms with Gasteiger partial charge in [-0.15, -0.1) is 0 Å². The Hall–Kier alpha value is 0.140. The summed E-state index contributed by atoms with van der Waals surface area (Å²) in [5.41, 5.74) is 1.44. The van der Waals surface area contributed by atoms with Gasteiger partial charge in [0.25, 0.3) is 0 Å². The maximum atomic E-state index is 3.58. The molecule has 1 aromatic heterocycles. The van der Waals surface area contributed by atoms with Crippen LogP contribution in [0.1, 0.15) is 25.3 Å². The van der Waals surface area contributed by atoms with Crippen molar-refractivity contribution in [3.63, 3.8) is 0 Å². The molecule has 1 aromatic rings. The summed E-state index contributed by atoms with van der Waals surface area (Å²) in [6.07, 6.45) is 0. The monoisotopic (exact) mass is 261 g/mol. The molecule has 2 atom stereocenters. The van der Waals surface area contributed by atoms with E-state index in [1.165, 1.54) is 10.0 Å². The first-order chi connectivity index (χ1) is 6.16. The van der Waals surface area contributed by atoms with Gasteiger partial charge in [-0.25, -0.2) is 0 Å². The molecule has 0 aliphatic carbocycles. The largest absolute Gasteiger partial charge is 0.319 e. The number of halogens is 1. The number of rotatable bonds is 4. The van der Waals surface area contributed by atoms with Gasteiger partial charge in [-0.05, 0) is 52.3 Å². The van der Waals surface area contributed by atoms with Crippen molar-refractivity contribution in [1.29, 1.82) is 0 Å². The van der Waals surface area contributed by atoms with Gasteiger partial charge in [0.1, 0.15) is 0 Å². The van der Waals surface area contributed by atoms with Crippen LogP contribution in [0.15, 0.2) is 15.2 Å². The van der Waals surface area contributed by atoms with Crippen molar-refractivity contribution in [3.05, 3.63) is 20.8 Å². The zero-order valence-electron chi connectivity index (χ0n) is 8.30. The van der Waals surface area contributed by atoms with Crippen LogP contribution in [0.3, 0.4) is 0 Å². The average molecular weight is 262 g/mol. The lowest BCUT2D eigenvalue weighted by Crippen LogP contribution is -2.20. The number of nitrogens with one attached hydrogen (secondary N) is 1. The minimum atomic E-state index is 0.619. The van der Waals surface area contributed by atoms with Crippen LogP contribution in [0.4, 0.5) is 0 Å². The second kappa shape index (κ2) is 5.13. The van der Waals surface area contributed by atoms with E-state index in [4.69, 9.17) is 0 Å². The van der Waals surface area contributed by atoms with Crippen molar-refractivity contribution in [1.82, 2.24) is 5.32 Å². The van der Waals surface area contributed by atoms with Crippen LogP contribution in [-0.2, 0) is 0 Å². The Bertz CT molecular complexity index is 259. The Kier molecular flexibility index (Phi) is 4.42. The van der Waals surface area contributed by atoms with Crippen LogP contribution < -0.4 is 5.32 Å². The van der Waals surface area contributed by atoms with Crippen molar-refractivity contribution in [2.24, 2.45) is 5.92 Å². The Morgan fingerprint density at radius 1 is 1.46 bits per heavy atom. The molecule has 0 saturated heterocycles. The van der Waals surface area contributed by atoms with Crippen LogP contribution >= 0.6 is 27.3 Å². The highest BCUT2D eigenvalue weighted by Crippen LogP contribution is 2.32. The van der Waals surface area contributed by atoms with E-state index < -0.39 is 0 Å². The molecule has 0 amide bonds. The second-order valence-corrected chi connectivity index (χ2v) is 5.10. The van der Waals surface area contributed by atoms with Gasteiger partial charge in [0.15, 0.2) is 0 Å². The Morgan fingerprint density at radius 2 is 2.15 bits per heavy atom. The van der Waals surface area contributed by atoms with E-state index in [2.05, 4.69) is 45.9 Å². The van der Waals surface area contributed by atoms with Gasteiger partial charge in [-0.1, -0.05) is 13.8 Å². The van der Waals surface area contributed by atoms with Crippen molar-refractivity contribution in [2.75, 3.05) is 13.6 Å². The molecule has 13 heavy (non-hydrogen) atoms. The minimum Gasteiger partial charge on any atom is -0.319 e. The van der Waals surface area contributed by atoms with Crippen LogP contribution in [0.25, 0.3) is 0 Å². The SMILES string of the molecule is CNCC(C)C(C)c1cscc1Br. The molecular formula is C10H16BrNS. The van der Waals surface area contributed by atoms with Crippen molar-refractivity contribution < 1.29 is 0 Å². The van der Waals surface area contributed by atoms with E-state index in [0.29, 0.717) is 11.8 Å². The molecule has 0 saturated carbocycles. The lowest BCUT2D eigenvalue weighted by atomic mass is 9.91. The number of hydrogen-bond donors (Lipinski definition) is 1. The second-order valence-electron chi connectivity index (χ2n) is 3.50. The van der Waals surface area contributed by atoms with Crippen LogP contribution in [-0.4, -0.2) is 13.6 Å². The van der Waals surface area contributed by atoms with Crippen molar-refractivity contribution >= 4 is 27.3 Å². The van der Waals surface area contributed by atoms with Gasteiger partial charge in [0, 0.05) is 9.85 Å². The Balaban J connectivity index is 2.67. The first-order valence-corrected chi connectivity index (χ1v) is 6.26. The summed E-state index contributed by atoms with van der Waals surface area (Å²) in [5, 5.41) is 7.61. The standard InChI is InChI=1S/C10H16BrNS/c1-7(4-12-3)8(2)9-5-13-6-10(9)11/h5-8,12H,4H2,1-3H3. The van der Waals surface area contributed by atoms with Gasteiger partial charge >= 0.3 is 0 Å². The number of thiophene rings is 1. The highest BCUT2D eigenvalue weighted by atomic mass is 79.9. The molecular weight excluding hydrogens is 246 g/mol. The first kappa shape index (κ1) is 11.2. The maximum Gasteiger partial charge on any atom is 0.0317 e. The molecule has 1 N–H and O–H groups in total. The molecule has 0 spiro atoms. The fourth-order valence-electron chi connectivity index (χ4n) is 1.42. The van der Waals surface area contributed by atoms with E-state index in [1.54, 1.807) is 11.3 Å². The summed E-state index contributed by atoms with van der Waals surface area (Å²) < 4.78 is 1.26. The fraction of sp³-hybridized carbons (Fsp3) is 0.600. The molecule has 0 aromatic carbocycles. The normalized spacial score (nSPS) is 15.7. The molecule has 0 aliphatic heterocycles. The lowest BCUT2D eigenvalue weighted by Gasteiger charge is -2.19. The molecule has 0 fully saturated rings. The van der Waals surface area contributed by atoms with E-state index >= 15 is 0 Å². The predicted molar refractivity (Wildman–Crippen MR) is 63.5 cm³/mol. The molecule has 1 heterocycles. The molecule has 0 bridgehead atoms. The quantitative estimate of drug-likeness (QED) is 0.876. The van der Waals surface area contributed by atoms with E-state index in [1.807, 2.05) is 7.05 Å². The average Bonchev–Trinajstić information content (AvgIpc) is 2.50.